The van der Waals surface area contributed by atoms with Crippen molar-refractivity contribution in [1.29, 1.82) is 0 Å². The van der Waals surface area contributed by atoms with Crippen LogP contribution in [0.4, 0.5) is 13.6 Å². The zero-order valence-corrected chi connectivity index (χ0v) is 34.6. The number of carbonyl (C=O) groups excluding carboxylic acids is 5. The van der Waals surface area contributed by atoms with Crippen molar-refractivity contribution in [3.05, 3.63) is 35.4 Å². The molecule has 17 heteroatoms. The lowest BCUT2D eigenvalue weighted by molar-refractivity contribution is -0.144. The van der Waals surface area contributed by atoms with Gasteiger partial charge in [0.15, 0.2) is 0 Å². The third-order valence-electron chi connectivity index (χ3n) is 11.9. The molecule has 56 heavy (non-hydrogen) atoms. The van der Waals surface area contributed by atoms with Gasteiger partial charge in [-0.05, 0) is 65.5 Å². The second kappa shape index (κ2) is 18.2. The SMILES string of the molecule is COC(=O)c1ccc(CCNC(=O)[C@H](CC(F)F)NC(=O)[C@@H]2[C@@H]3[C@H](CN2C(=O)[C@@H](NC(=O)N[C@H](CN(C)S(C)(=O)=O)C(C)(C)C)C2CCCCC2)C3(C)C)cc1. The summed E-state index contributed by atoms with van der Waals surface area (Å²) >= 11 is 0. The molecule has 0 unspecified atom stereocenters. The minimum absolute atomic E-state index is 0.00209. The van der Waals surface area contributed by atoms with E-state index >= 15 is 0 Å². The molecule has 6 atom stereocenters. The first-order valence-corrected chi connectivity index (χ1v) is 21.2. The van der Waals surface area contributed by atoms with Gasteiger partial charge in [0.25, 0.3) is 0 Å². The second-order valence-corrected chi connectivity index (χ2v) is 19.4. The molecule has 1 aromatic rings. The Morgan fingerprint density at radius 2 is 1.62 bits per heavy atom. The maximum absolute atomic E-state index is 14.6. The van der Waals surface area contributed by atoms with E-state index in [1.165, 1.54) is 19.1 Å². The molecule has 0 spiro atoms. The number of likely N-dealkylation sites (tertiary alicyclic amines) is 1. The summed E-state index contributed by atoms with van der Waals surface area (Å²) in [5.41, 5.74) is 0.261. The van der Waals surface area contributed by atoms with Crippen LogP contribution in [-0.4, -0.2) is 118 Å². The van der Waals surface area contributed by atoms with Gasteiger partial charge in [-0.15, -0.1) is 0 Å². The number of ether oxygens (including phenoxy) is 1. The van der Waals surface area contributed by atoms with Gasteiger partial charge in [-0.1, -0.05) is 66.0 Å². The van der Waals surface area contributed by atoms with Crippen LogP contribution in [0.2, 0.25) is 0 Å². The average Bonchev–Trinajstić information content (AvgIpc) is 3.42. The van der Waals surface area contributed by atoms with Crippen molar-refractivity contribution in [3.63, 3.8) is 0 Å². The smallest absolute Gasteiger partial charge is 0.337 e. The molecule has 3 aliphatic rings. The van der Waals surface area contributed by atoms with Crippen LogP contribution in [0.1, 0.15) is 89.1 Å². The molecule has 14 nitrogen and oxygen atoms in total. The molecule has 314 valence electrons. The number of amides is 5. The summed E-state index contributed by atoms with van der Waals surface area (Å²) in [4.78, 5) is 68.8. The van der Waals surface area contributed by atoms with E-state index in [9.17, 15) is 41.2 Å². The maximum Gasteiger partial charge on any atom is 0.337 e. The van der Waals surface area contributed by atoms with Gasteiger partial charge >= 0.3 is 12.0 Å². The van der Waals surface area contributed by atoms with Gasteiger partial charge < -0.3 is 30.9 Å². The highest BCUT2D eigenvalue weighted by Crippen LogP contribution is 2.65. The van der Waals surface area contributed by atoms with E-state index < -0.39 is 82.2 Å². The molecule has 5 amide bonds. The number of urea groups is 1. The molecule has 4 N–H and O–H groups in total. The standard InChI is InChI=1S/C39H60F2N6O8S/c1-38(2,3)28(22-46(6)56(8,53)54)44-37(52)45-31(24-12-10-9-11-13-24)35(50)47-21-26-30(39(26,4)5)32(47)34(49)43-27(20-29(40)41)33(48)42-19-18-23-14-16-25(17-15-23)36(51)55-7/h14-17,24,26-32H,9-13,18-22H2,1-8H3,(H,42,48)(H,43,49)(H2,44,45,52)/t26-,27-,28+,30-,31-,32-/m0/s1. The zero-order valence-electron chi connectivity index (χ0n) is 33.8. The number of nitrogens with one attached hydrogen (secondary N) is 4. The van der Waals surface area contributed by atoms with Gasteiger partial charge in [0, 0.05) is 39.1 Å². The van der Waals surface area contributed by atoms with Crippen LogP contribution in [0.5, 0.6) is 0 Å². The van der Waals surface area contributed by atoms with E-state index in [1.807, 2.05) is 34.6 Å². The zero-order chi connectivity index (χ0) is 41.7. The molecule has 2 saturated carbocycles. The number of methoxy groups -OCH3 is 1. The first-order valence-electron chi connectivity index (χ1n) is 19.4. The average molecular weight is 811 g/mol. The van der Waals surface area contributed by atoms with Crippen molar-refractivity contribution in [1.82, 2.24) is 30.5 Å². The summed E-state index contributed by atoms with van der Waals surface area (Å²) in [7, 11) is -0.841. The maximum atomic E-state index is 14.6. The number of benzene rings is 1. The highest BCUT2D eigenvalue weighted by Gasteiger charge is 2.69. The Balaban J connectivity index is 1.50. The van der Waals surface area contributed by atoms with E-state index in [0.29, 0.717) is 24.8 Å². The van der Waals surface area contributed by atoms with Crippen molar-refractivity contribution in [3.8, 4) is 0 Å². The van der Waals surface area contributed by atoms with Crippen molar-refractivity contribution >= 4 is 39.7 Å². The summed E-state index contributed by atoms with van der Waals surface area (Å²) in [5, 5.41) is 11.0. The Labute approximate surface area is 329 Å². The molecule has 1 aliphatic heterocycles. The lowest BCUT2D eigenvalue weighted by Crippen LogP contribution is -2.62. The first kappa shape index (κ1) is 44.8. The number of nitrogens with zero attached hydrogens (tertiary/aromatic N) is 2. The van der Waals surface area contributed by atoms with E-state index in [4.69, 9.17) is 4.74 Å². The Morgan fingerprint density at radius 1 is 1.00 bits per heavy atom. The van der Waals surface area contributed by atoms with Gasteiger partial charge in [-0.25, -0.2) is 31.1 Å². The Bertz CT molecular complexity index is 1700. The third-order valence-corrected chi connectivity index (χ3v) is 13.2. The number of halogens is 2. The van der Waals surface area contributed by atoms with Crippen LogP contribution < -0.4 is 21.3 Å². The van der Waals surface area contributed by atoms with Crippen LogP contribution in [0.25, 0.3) is 0 Å². The largest absolute Gasteiger partial charge is 0.465 e. The number of hydrogen-bond donors (Lipinski definition) is 4. The van der Waals surface area contributed by atoms with Crippen molar-refractivity contribution in [2.24, 2.45) is 28.6 Å². The van der Waals surface area contributed by atoms with E-state index in [-0.39, 0.29) is 42.8 Å². The highest BCUT2D eigenvalue weighted by molar-refractivity contribution is 7.88. The summed E-state index contributed by atoms with van der Waals surface area (Å²) in [6.45, 7) is 9.88. The topological polar surface area (TPSA) is 183 Å². The number of likely N-dealkylation sites (N-methyl/N-ethyl adjacent to an activating group) is 1. The summed E-state index contributed by atoms with van der Waals surface area (Å²) in [6, 6.07) is 1.66. The van der Waals surface area contributed by atoms with Crippen LogP contribution >= 0.6 is 0 Å². The fraction of sp³-hybridized carbons (Fsp3) is 0.718. The van der Waals surface area contributed by atoms with Gasteiger partial charge in [-0.3, -0.25) is 14.4 Å². The second-order valence-electron chi connectivity index (χ2n) is 17.3. The fourth-order valence-electron chi connectivity index (χ4n) is 8.16. The summed E-state index contributed by atoms with van der Waals surface area (Å²) in [5.74, 6) is -3.01. The molecular weight excluding hydrogens is 751 g/mol. The van der Waals surface area contributed by atoms with E-state index in [1.54, 1.807) is 24.3 Å². The van der Waals surface area contributed by atoms with E-state index in [0.717, 1.165) is 35.4 Å². The number of rotatable bonds is 16. The summed E-state index contributed by atoms with van der Waals surface area (Å²) in [6.07, 6.45) is 1.61. The number of esters is 1. The Kier molecular flexibility index (Phi) is 14.5. The van der Waals surface area contributed by atoms with Gasteiger partial charge in [0.2, 0.25) is 34.2 Å². The van der Waals surface area contributed by atoms with Crippen LogP contribution in [0.3, 0.4) is 0 Å². The minimum atomic E-state index is -3.54. The molecule has 1 saturated heterocycles. The van der Waals surface area contributed by atoms with Gasteiger partial charge in [0.05, 0.1) is 18.9 Å². The molecule has 4 rings (SSSR count). The lowest BCUT2D eigenvalue weighted by atomic mass is 9.83. The molecular formula is C39H60F2N6O8S. The van der Waals surface area contributed by atoms with Crippen LogP contribution in [0, 0.1) is 28.6 Å². The Hall–Kier alpha value is -3.86. The van der Waals surface area contributed by atoms with Gasteiger partial charge in [0.1, 0.15) is 18.1 Å². The van der Waals surface area contributed by atoms with Crippen LogP contribution in [-0.2, 0) is 35.6 Å². The monoisotopic (exact) mass is 810 g/mol. The molecule has 2 aliphatic carbocycles. The number of hydrogen-bond acceptors (Lipinski definition) is 8. The van der Waals surface area contributed by atoms with Gasteiger partial charge in [-0.2, -0.15) is 0 Å². The highest BCUT2D eigenvalue weighted by atomic mass is 32.2. The third kappa shape index (κ3) is 11.2. The molecule has 0 aromatic heterocycles. The first-order chi connectivity index (χ1) is 26.1. The van der Waals surface area contributed by atoms with E-state index in [2.05, 4.69) is 21.3 Å². The number of piperidine rings is 1. The number of sulfonamides is 1. The summed E-state index contributed by atoms with van der Waals surface area (Å²) < 4.78 is 57.9. The number of carbonyl (C=O) groups is 5. The minimum Gasteiger partial charge on any atom is -0.465 e. The molecule has 0 bridgehead atoms. The van der Waals surface area contributed by atoms with Crippen LogP contribution in [0.15, 0.2) is 24.3 Å². The molecule has 3 fully saturated rings. The normalized spacial score (nSPS) is 22.4. The van der Waals surface area contributed by atoms with Crippen molar-refractivity contribution in [2.45, 2.75) is 110 Å². The fourth-order valence-corrected chi connectivity index (χ4v) is 8.58. The number of alkyl halides is 2. The van der Waals surface area contributed by atoms with Crippen molar-refractivity contribution < 1.29 is 45.9 Å². The lowest BCUT2D eigenvalue weighted by Gasteiger charge is -2.38. The molecule has 1 heterocycles. The molecule has 0 radical (unpaired) electrons. The van der Waals surface area contributed by atoms with Crippen molar-refractivity contribution in [2.75, 3.05) is 40.0 Å². The molecule has 1 aromatic carbocycles. The predicted molar refractivity (Wildman–Crippen MR) is 206 cm³/mol. The number of fused-ring (bicyclic) bond motifs is 1. The predicted octanol–water partition coefficient (Wildman–Crippen LogP) is 3.31. The quantitative estimate of drug-likeness (QED) is 0.184. The Morgan fingerprint density at radius 3 is 2.18 bits per heavy atom.